The van der Waals surface area contributed by atoms with E-state index in [4.69, 9.17) is 5.73 Å². The molecule has 0 saturated heterocycles. The predicted octanol–water partition coefficient (Wildman–Crippen LogP) is 0.752. The third-order valence-corrected chi connectivity index (χ3v) is 3.51. The number of nitrogens with zero attached hydrogens (tertiary/aromatic N) is 2. The maximum absolute atomic E-state index is 12.0. The molecule has 4 nitrogen and oxygen atoms in total. The van der Waals surface area contributed by atoms with Crippen molar-refractivity contribution in [3.8, 4) is 0 Å². The summed E-state index contributed by atoms with van der Waals surface area (Å²) in [5.74, 6) is 1.11. The van der Waals surface area contributed by atoms with Crippen molar-refractivity contribution in [2.45, 2.75) is 32.7 Å². The molecule has 2 rings (SSSR count). The van der Waals surface area contributed by atoms with E-state index in [-0.39, 0.29) is 5.56 Å². The summed E-state index contributed by atoms with van der Waals surface area (Å²) in [4.78, 5) is 14.2. The number of rotatable bonds is 4. The molecule has 4 heteroatoms. The summed E-state index contributed by atoms with van der Waals surface area (Å²) in [5, 5.41) is 0. The lowest BCUT2D eigenvalue weighted by atomic mass is 10.0. The van der Waals surface area contributed by atoms with Crippen LogP contribution in [-0.2, 0) is 19.4 Å². The molecule has 1 aliphatic rings. The Hall–Kier alpha value is -1.29. The number of fused-ring (bicyclic) bond motifs is 1. The van der Waals surface area contributed by atoms with Gasteiger partial charge in [-0.1, -0.05) is 6.92 Å². The molecule has 0 radical (unpaired) electrons. The van der Waals surface area contributed by atoms with Gasteiger partial charge in [0.05, 0.1) is 0 Å². The molecule has 17 heavy (non-hydrogen) atoms. The summed E-state index contributed by atoms with van der Waals surface area (Å²) in [5.41, 5.74) is 8.23. The van der Waals surface area contributed by atoms with Crippen LogP contribution in [0.5, 0.6) is 0 Å². The van der Waals surface area contributed by atoms with Crippen LogP contribution in [0.4, 0.5) is 5.82 Å². The van der Waals surface area contributed by atoms with Gasteiger partial charge in [-0.2, -0.15) is 0 Å². The SMILES string of the molecule is CCc1cc(=O)n2c(c1CCCN)N(C)CC2. The van der Waals surface area contributed by atoms with Crippen molar-refractivity contribution in [3.63, 3.8) is 0 Å². The molecule has 1 aliphatic heterocycles. The maximum Gasteiger partial charge on any atom is 0.252 e. The highest BCUT2D eigenvalue weighted by Crippen LogP contribution is 2.27. The van der Waals surface area contributed by atoms with E-state index in [1.807, 2.05) is 4.57 Å². The van der Waals surface area contributed by atoms with Gasteiger partial charge in [-0.3, -0.25) is 9.36 Å². The second-order valence-corrected chi connectivity index (χ2v) is 4.63. The van der Waals surface area contributed by atoms with Gasteiger partial charge in [0.2, 0.25) is 0 Å². The van der Waals surface area contributed by atoms with E-state index in [0.717, 1.165) is 38.2 Å². The van der Waals surface area contributed by atoms with Crippen molar-refractivity contribution in [1.82, 2.24) is 4.57 Å². The molecule has 0 aliphatic carbocycles. The van der Waals surface area contributed by atoms with E-state index in [1.165, 1.54) is 11.1 Å². The number of hydrogen-bond donors (Lipinski definition) is 1. The number of nitrogens with two attached hydrogens (primary N) is 1. The molecule has 0 spiro atoms. The van der Waals surface area contributed by atoms with Crippen molar-refractivity contribution in [1.29, 1.82) is 0 Å². The first-order valence-electron chi connectivity index (χ1n) is 6.35. The summed E-state index contributed by atoms with van der Waals surface area (Å²) < 4.78 is 1.89. The van der Waals surface area contributed by atoms with Crippen molar-refractivity contribution in [3.05, 3.63) is 27.5 Å². The molecule has 0 fully saturated rings. The number of hydrogen-bond acceptors (Lipinski definition) is 3. The number of aromatic nitrogens is 1. The van der Waals surface area contributed by atoms with Crippen LogP contribution in [0.1, 0.15) is 24.5 Å². The minimum absolute atomic E-state index is 0.137. The van der Waals surface area contributed by atoms with Gasteiger partial charge in [-0.05, 0) is 36.9 Å². The molecule has 0 amide bonds. The zero-order valence-corrected chi connectivity index (χ0v) is 10.7. The van der Waals surface area contributed by atoms with E-state index < -0.39 is 0 Å². The molecule has 2 N–H and O–H groups in total. The van der Waals surface area contributed by atoms with E-state index in [0.29, 0.717) is 6.54 Å². The van der Waals surface area contributed by atoms with Gasteiger partial charge < -0.3 is 10.6 Å². The zero-order chi connectivity index (χ0) is 12.4. The quantitative estimate of drug-likeness (QED) is 0.838. The van der Waals surface area contributed by atoms with Crippen LogP contribution >= 0.6 is 0 Å². The van der Waals surface area contributed by atoms with Crippen molar-refractivity contribution in [2.75, 3.05) is 25.0 Å². The summed E-state index contributed by atoms with van der Waals surface area (Å²) in [6, 6.07) is 1.80. The van der Waals surface area contributed by atoms with Gasteiger partial charge in [0, 0.05) is 26.2 Å². The normalized spacial score (nSPS) is 14.2. The highest BCUT2D eigenvalue weighted by Gasteiger charge is 2.22. The second kappa shape index (κ2) is 4.92. The van der Waals surface area contributed by atoms with Gasteiger partial charge in [-0.15, -0.1) is 0 Å². The second-order valence-electron chi connectivity index (χ2n) is 4.63. The first-order chi connectivity index (χ1) is 8.19. The van der Waals surface area contributed by atoms with Gasteiger partial charge in [0.15, 0.2) is 0 Å². The Balaban J connectivity index is 2.54. The molecule has 2 heterocycles. The van der Waals surface area contributed by atoms with Crippen molar-refractivity contribution in [2.24, 2.45) is 5.73 Å². The molecule has 94 valence electrons. The lowest BCUT2D eigenvalue weighted by Crippen LogP contribution is -2.22. The molecular weight excluding hydrogens is 214 g/mol. The molecular formula is C13H21N3O. The fraction of sp³-hybridized carbons (Fsp3) is 0.615. The number of likely N-dealkylation sites (N-methyl/N-ethyl adjacent to an activating group) is 1. The molecule has 1 aromatic heterocycles. The van der Waals surface area contributed by atoms with Crippen molar-refractivity contribution >= 4 is 5.82 Å². The topological polar surface area (TPSA) is 51.3 Å². The lowest BCUT2D eigenvalue weighted by molar-refractivity contribution is 0.749. The van der Waals surface area contributed by atoms with Crippen LogP contribution in [-0.4, -0.2) is 24.7 Å². The van der Waals surface area contributed by atoms with Crippen LogP contribution in [0.25, 0.3) is 0 Å². The Bertz CT molecular complexity index is 464. The Morgan fingerprint density at radius 1 is 1.41 bits per heavy atom. The highest BCUT2D eigenvalue weighted by molar-refractivity contribution is 5.53. The first-order valence-corrected chi connectivity index (χ1v) is 6.35. The Morgan fingerprint density at radius 3 is 2.82 bits per heavy atom. The van der Waals surface area contributed by atoms with Crippen molar-refractivity contribution < 1.29 is 0 Å². The van der Waals surface area contributed by atoms with Crippen LogP contribution in [0.3, 0.4) is 0 Å². The summed E-state index contributed by atoms with van der Waals surface area (Å²) >= 11 is 0. The smallest absolute Gasteiger partial charge is 0.252 e. The van der Waals surface area contributed by atoms with Gasteiger partial charge >= 0.3 is 0 Å². The van der Waals surface area contributed by atoms with Gasteiger partial charge in [-0.25, -0.2) is 0 Å². The van der Waals surface area contributed by atoms with Crippen LogP contribution < -0.4 is 16.2 Å². The summed E-state index contributed by atoms with van der Waals surface area (Å²) in [6.45, 7) is 4.54. The average molecular weight is 235 g/mol. The Kier molecular flexibility index (Phi) is 3.52. The first kappa shape index (κ1) is 12.2. The summed E-state index contributed by atoms with van der Waals surface area (Å²) in [7, 11) is 2.06. The third-order valence-electron chi connectivity index (χ3n) is 3.51. The number of anilines is 1. The molecule has 1 aromatic rings. The zero-order valence-electron chi connectivity index (χ0n) is 10.7. The van der Waals surface area contributed by atoms with E-state index >= 15 is 0 Å². The van der Waals surface area contributed by atoms with Crippen LogP contribution in [0, 0.1) is 0 Å². The van der Waals surface area contributed by atoms with E-state index in [1.54, 1.807) is 6.07 Å². The lowest BCUT2D eigenvalue weighted by Gasteiger charge is -2.19. The van der Waals surface area contributed by atoms with Crippen LogP contribution in [0.15, 0.2) is 10.9 Å². The number of aryl methyl sites for hydroxylation is 1. The molecule has 0 unspecified atom stereocenters. The average Bonchev–Trinajstić information content (AvgIpc) is 2.71. The fourth-order valence-corrected chi connectivity index (χ4v) is 2.60. The minimum atomic E-state index is 0.137. The van der Waals surface area contributed by atoms with Gasteiger partial charge in [0.25, 0.3) is 5.56 Å². The fourth-order valence-electron chi connectivity index (χ4n) is 2.60. The largest absolute Gasteiger partial charge is 0.359 e. The Morgan fingerprint density at radius 2 is 2.18 bits per heavy atom. The standard InChI is InChI=1S/C13H21N3O/c1-3-10-9-12(17)16-8-7-15(2)13(16)11(10)5-4-6-14/h9H,3-8,14H2,1-2H3. The van der Waals surface area contributed by atoms with E-state index in [9.17, 15) is 4.79 Å². The third kappa shape index (κ3) is 2.09. The molecule has 0 atom stereocenters. The minimum Gasteiger partial charge on any atom is -0.359 e. The number of pyridine rings is 1. The summed E-state index contributed by atoms with van der Waals surface area (Å²) in [6.07, 6.45) is 2.86. The van der Waals surface area contributed by atoms with E-state index in [2.05, 4.69) is 18.9 Å². The van der Waals surface area contributed by atoms with Crippen LogP contribution in [0.2, 0.25) is 0 Å². The molecule has 0 bridgehead atoms. The highest BCUT2D eigenvalue weighted by atomic mass is 16.1. The maximum atomic E-state index is 12.0. The monoisotopic (exact) mass is 235 g/mol. The molecule has 0 aromatic carbocycles. The predicted molar refractivity (Wildman–Crippen MR) is 70.7 cm³/mol. The Labute approximate surface area is 102 Å². The van der Waals surface area contributed by atoms with Gasteiger partial charge in [0.1, 0.15) is 5.82 Å². The molecule has 0 saturated carbocycles.